The van der Waals surface area contributed by atoms with E-state index >= 15 is 0 Å². The van der Waals surface area contributed by atoms with Gasteiger partial charge in [-0.1, -0.05) is 18.2 Å². The number of benzene rings is 2. The van der Waals surface area contributed by atoms with Crippen molar-refractivity contribution in [3.05, 3.63) is 87.7 Å². The second-order valence-electron chi connectivity index (χ2n) is 7.41. The Balaban J connectivity index is 2.00. The molecule has 6 nitrogen and oxygen atoms in total. The predicted molar refractivity (Wildman–Crippen MR) is 120 cm³/mol. The number of hydrogen-bond acceptors (Lipinski definition) is 3. The van der Waals surface area contributed by atoms with Crippen LogP contribution in [0.2, 0.25) is 0 Å². The average molecular weight is 413 g/mol. The van der Waals surface area contributed by atoms with Crippen molar-refractivity contribution in [3.63, 3.8) is 0 Å². The average Bonchev–Trinajstić information content (AvgIpc) is 2.99. The molecule has 1 heterocycles. The molecule has 6 heteroatoms. The van der Waals surface area contributed by atoms with E-state index in [0.717, 1.165) is 22.6 Å². The Kier molecular flexibility index (Phi) is 6.07. The van der Waals surface area contributed by atoms with Crippen LogP contribution in [0, 0.1) is 39.0 Å². The van der Waals surface area contributed by atoms with Gasteiger partial charge < -0.3 is 15.0 Å². The van der Waals surface area contributed by atoms with Crippen molar-refractivity contribution in [1.82, 2.24) is 4.57 Å². The number of anilines is 1. The number of nitrogens with one attached hydrogen (secondary N) is 1. The second kappa shape index (κ2) is 8.72. The molecule has 0 atom stereocenters. The third-order valence-corrected chi connectivity index (χ3v) is 5.19. The molecule has 1 aromatic heterocycles. The minimum absolute atomic E-state index is 0.0160. The van der Waals surface area contributed by atoms with Crippen LogP contribution in [0.4, 0.5) is 5.69 Å². The van der Waals surface area contributed by atoms with Gasteiger partial charge in [0, 0.05) is 22.8 Å². The highest BCUT2D eigenvalue weighted by Gasteiger charge is 2.17. The molecule has 2 N–H and O–H groups in total. The predicted octanol–water partition coefficient (Wildman–Crippen LogP) is 4.95. The van der Waals surface area contributed by atoms with E-state index in [1.54, 1.807) is 31.2 Å². The van der Waals surface area contributed by atoms with Crippen LogP contribution >= 0.6 is 0 Å². The summed E-state index contributed by atoms with van der Waals surface area (Å²) in [6.45, 7) is 7.46. The monoisotopic (exact) mass is 413 g/mol. The molecule has 156 valence electrons. The van der Waals surface area contributed by atoms with Crippen LogP contribution < -0.4 is 5.32 Å². The molecule has 3 rings (SSSR count). The molecule has 2 aromatic carbocycles. The number of carbonyl (C=O) groups excluding carboxylic acids is 1. The zero-order chi connectivity index (χ0) is 22.7. The van der Waals surface area contributed by atoms with Gasteiger partial charge in [0.25, 0.3) is 5.91 Å². The molecule has 0 aliphatic carbocycles. The molecule has 0 spiro atoms. The van der Waals surface area contributed by atoms with Gasteiger partial charge in [0.15, 0.2) is 0 Å². The first-order chi connectivity index (χ1) is 14.7. The molecule has 0 aliphatic heterocycles. The Hall–Kier alpha value is -4.11. The van der Waals surface area contributed by atoms with Crippen molar-refractivity contribution in [1.29, 1.82) is 5.26 Å². The summed E-state index contributed by atoms with van der Waals surface area (Å²) in [5, 5.41) is 21.8. The minimum atomic E-state index is -0.985. The maximum Gasteiger partial charge on any atom is 0.336 e. The molecule has 0 bridgehead atoms. The number of amides is 1. The van der Waals surface area contributed by atoms with E-state index in [2.05, 4.69) is 5.32 Å². The Morgan fingerprint density at radius 2 is 1.77 bits per heavy atom. The number of aromatic carboxylic acids is 1. The number of aryl methyl sites for hydroxylation is 2. The van der Waals surface area contributed by atoms with E-state index in [1.165, 1.54) is 0 Å². The fourth-order valence-corrected chi connectivity index (χ4v) is 3.63. The van der Waals surface area contributed by atoms with Gasteiger partial charge in [0.1, 0.15) is 11.6 Å². The van der Waals surface area contributed by atoms with E-state index in [4.69, 9.17) is 0 Å². The summed E-state index contributed by atoms with van der Waals surface area (Å²) in [6.07, 6.45) is 1.56. The number of nitrogens with zero attached hydrogens (tertiary/aromatic N) is 2. The molecule has 0 radical (unpaired) electrons. The lowest BCUT2D eigenvalue weighted by molar-refractivity contribution is -0.112. The van der Waals surface area contributed by atoms with Crippen molar-refractivity contribution < 1.29 is 14.7 Å². The molecule has 3 aromatic rings. The van der Waals surface area contributed by atoms with Gasteiger partial charge in [-0.25, -0.2) is 4.79 Å². The summed E-state index contributed by atoms with van der Waals surface area (Å²) in [6, 6.07) is 16.3. The molecule has 0 saturated heterocycles. The second-order valence-corrected chi connectivity index (χ2v) is 7.41. The number of carbonyl (C=O) groups is 2. The summed E-state index contributed by atoms with van der Waals surface area (Å²) >= 11 is 0. The third kappa shape index (κ3) is 4.41. The highest BCUT2D eigenvalue weighted by Crippen LogP contribution is 2.26. The zero-order valence-corrected chi connectivity index (χ0v) is 17.9. The van der Waals surface area contributed by atoms with Crippen molar-refractivity contribution in [2.45, 2.75) is 27.7 Å². The highest BCUT2D eigenvalue weighted by molar-refractivity contribution is 6.09. The van der Waals surface area contributed by atoms with Gasteiger partial charge in [-0.05, 0) is 80.8 Å². The van der Waals surface area contributed by atoms with Crippen LogP contribution in [0.3, 0.4) is 0 Å². The van der Waals surface area contributed by atoms with Crippen LogP contribution in [0.15, 0.2) is 54.1 Å². The summed E-state index contributed by atoms with van der Waals surface area (Å²) < 4.78 is 1.93. The van der Waals surface area contributed by atoms with Crippen molar-refractivity contribution in [2.75, 3.05) is 5.32 Å². The smallest absolute Gasteiger partial charge is 0.336 e. The van der Waals surface area contributed by atoms with Gasteiger partial charge in [-0.3, -0.25) is 4.79 Å². The summed E-state index contributed by atoms with van der Waals surface area (Å²) in [7, 11) is 0. The van der Waals surface area contributed by atoms with Crippen molar-refractivity contribution in [2.24, 2.45) is 0 Å². The number of aromatic nitrogens is 1. The van der Waals surface area contributed by atoms with E-state index < -0.39 is 11.9 Å². The van der Waals surface area contributed by atoms with E-state index in [-0.39, 0.29) is 11.1 Å². The van der Waals surface area contributed by atoms with E-state index in [1.807, 2.05) is 61.7 Å². The van der Waals surface area contributed by atoms with Crippen molar-refractivity contribution >= 4 is 23.6 Å². The van der Waals surface area contributed by atoms with Crippen LogP contribution in [0.25, 0.3) is 11.8 Å². The third-order valence-electron chi connectivity index (χ3n) is 5.19. The minimum Gasteiger partial charge on any atom is -0.478 e. The topological polar surface area (TPSA) is 95.1 Å². The highest BCUT2D eigenvalue weighted by atomic mass is 16.4. The fourth-order valence-electron chi connectivity index (χ4n) is 3.63. The van der Waals surface area contributed by atoms with Gasteiger partial charge in [-0.15, -0.1) is 0 Å². The zero-order valence-electron chi connectivity index (χ0n) is 17.9. The van der Waals surface area contributed by atoms with Crippen LogP contribution in [-0.4, -0.2) is 21.6 Å². The van der Waals surface area contributed by atoms with Crippen molar-refractivity contribution in [3.8, 4) is 11.8 Å². The van der Waals surface area contributed by atoms with Gasteiger partial charge >= 0.3 is 5.97 Å². The quantitative estimate of drug-likeness (QED) is 0.457. The van der Waals surface area contributed by atoms with E-state index in [0.29, 0.717) is 16.8 Å². The number of carboxylic acid groups (broad SMARTS) is 1. The Morgan fingerprint density at radius 1 is 1.06 bits per heavy atom. The molecule has 1 amide bonds. The largest absolute Gasteiger partial charge is 0.478 e. The summed E-state index contributed by atoms with van der Waals surface area (Å²) in [4.78, 5) is 24.1. The molecule has 0 fully saturated rings. The first-order valence-corrected chi connectivity index (χ1v) is 9.75. The Labute approximate surface area is 181 Å². The van der Waals surface area contributed by atoms with Crippen LogP contribution in [0.1, 0.15) is 38.4 Å². The van der Waals surface area contributed by atoms with Gasteiger partial charge in [0.2, 0.25) is 0 Å². The van der Waals surface area contributed by atoms with Crippen LogP contribution in [-0.2, 0) is 4.79 Å². The Morgan fingerprint density at radius 3 is 2.42 bits per heavy atom. The summed E-state index contributed by atoms with van der Waals surface area (Å²) in [5.74, 6) is -1.47. The molecule has 0 aliphatic rings. The maximum atomic E-state index is 12.6. The SMILES string of the molecule is Cc1cccc(NC(=O)C(C#N)=Cc2cc(C)n(-c3cccc(C(=O)O)c3C)c2C)c1. The van der Waals surface area contributed by atoms with Crippen LogP contribution in [0.5, 0.6) is 0 Å². The summed E-state index contributed by atoms with van der Waals surface area (Å²) in [5.41, 5.74) is 5.62. The standard InChI is InChI=1S/C25H23N3O3/c1-15-7-5-8-21(11-15)27-24(29)20(14-26)13-19-12-16(2)28(18(19)4)23-10-6-9-22(17(23)3)25(30)31/h5-13H,1-4H3,(H,27,29)(H,30,31). The van der Waals surface area contributed by atoms with Gasteiger partial charge in [0.05, 0.1) is 5.56 Å². The molecule has 31 heavy (non-hydrogen) atoms. The lowest BCUT2D eigenvalue weighted by atomic mass is 10.1. The first kappa shape index (κ1) is 21.6. The van der Waals surface area contributed by atoms with Gasteiger partial charge in [-0.2, -0.15) is 5.26 Å². The molecular formula is C25H23N3O3. The Bertz CT molecular complexity index is 1260. The first-order valence-electron chi connectivity index (χ1n) is 9.75. The molecule has 0 saturated carbocycles. The normalized spacial score (nSPS) is 11.1. The molecule has 0 unspecified atom stereocenters. The molecular weight excluding hydrogens is 390 g/mol. The number of hydrogen-bond donors (Lipinski definition) is 2. The number of rotatable bonds is 5. The number of nitriles is 1. The fraction of sp³-hybridized carbons (Fsp3) is 0.160. The van der Waals surface area contributed by atoms with E-state index in [9.17, 15) is 20.0 Å². The maximum absolute atomic E-state index is 12.6. The lowest BCUT2D eigenvalue weighted by Gasteiger charge is -2.14. The lowest BCUT2D eigenvalue weighted by Crippen LogP contribution is -2.13. The number of carboxylic acids is 1.